The summed E-state index contributed by atoms with van der Waals surface area (Å²) >= 11 is 0. The number of carboxylic acids is 1. The first-order valence-corrected chi connectivity index (χ1v) is 4.87. The summed E-state index contributed by atoms with van der Waals surface area (Å²) < 4.78 is 37.9. The number of halogens is 3. The number of rotatable bonds is 3. The van der Waals surface area contributed by atoms with Gasteiger partial charge in [-0.1, -0.05) is 17.7 Å². The Kier molecular flexibility index (Phi) is 3.77. The smallest absolute Gasteiger partial charge is 0.416 e. The molecule has 0 saturated heterocycles. The maximum absolute atomic E-state index is 12.6. The zero-order valence-electron chi connectivity index (χ0n) is 9.08. The number of hydrogen-bond acceptors (Lipinski definition) is 2. The molecule has 0 saturated carbocycles. The predicted octanol–water partition coefficient (Wildman–Crippen LogP) is 1.97. The SMILES string of the molecule is Cc1ccc(C(F)(F)F)c(CC(N)C(=O)O)c1. The zero-order valence-corrected chi connectivity index (χ0v) is 9.08. The molecule has 0 aromatic heterocycles. The maximum Gasteiger partial charge on any atom is 0.416 e. The van der Waals surface area contributed by atoms with Crippen LogP contribution in [0.15, 0.2) is 18.2 Å². The van der Waals surface area contributed by atoms with Gasteiger partial charge in [-0.05, 0) is 25.0 Å². The lowest BCUT2D eigenvalue weighted by atomic mass is 9.98. The van der Waals surface area contributed by atoms with Crippen molar-refractivity contribution < 1.29 is 23.1 Å². The molecule has 0 aliphatic heterocycles. The fraction of sp³-hybridized carbons (Fsp3) is 0.364. The van der Waals surface area contributed by atoms with Gasteiger partial charge in [-0.3, -0.25) is 4.79 Å². The third-order valence-electron chi connectivity index (χ3n) is 2.32. The topological polar surface area (TPSA) is 63.3 Å². The van der Waals surface area contributed by atoms with E-state index in [1.54, 1.807) is 6.92 Å². The second kappa shape index (κ2) is 4.75. The molecule has 0 bridgehead atoms. The predicted molar refractivity (Wildman–Crippen MR) is 55.5 cm³/mol. The van der Waals surface area contributed by atoms with Crippen molar-refractivity contribution in [3.63, 3.8) is 0 Å². The van der Waals surface area contributed by atoms with E-state index < -0.39 is 23.8 Å². The van der Waals surface area contributed by atoms with Crippen LogP contribution in [-0.4, -0.2) is 17.1 Å². The first kappa shape index (κ1) is 13.5. The molecular formula is C11H12F3NO2. The lowest BCUT2D eigenvalue weighted by molar-refractivity contribution is -0.140. The molecule has 1 aromatic rings. The molecule has 0 spiro atoms. The van der Waals surface area contributed by atoms with Gasteiger partial charge in [0.2, 0.25) is 0 Å². The normalized spacial score (nSPS) is 13.5. The van der Waals surface area contributed by atoms with E-state index in [0.717, 1.165) is 6.07 Å². The summed E-state index contributed by atoms with van der Waals surface area (Å²) in [6, 6.07) is 2.25. The number of nitrogens with two attached hydrogens (primary N) is 1. The van der Waals surface area contributed by atoms with Crippen molar-refractivity contribution in [2.24, 2.45) is 5.73 Å². The van der Waals surface area contributed by atoms with Crippen LogP contribution >= 0.6 is 0 Å². The average molecular weight is 247 g/mol. The van der Waals surface area contributed by atoms with E-state index in [1.165, 1.54) is 12.1 Å². The zero-order chi connectivity index (χ0) is 13.2. The van der Waals surface area contributed by atoms with Gasteiger partial charge in [-0.2, -0.15) is 13.2 Å². The highest BCUT2D eigenvalue weighted by Crippen LogP contribution is 2.32. The van der Waals surface area contributed by atoms with Gasteiger partial charge < -0.3 is 10.8 Å². The highest BCUT2D eigenvalue weighted by Gasteiger charge is 2.33. The van der Waals surface area contributed by atoms with Gasteiger partial charge in [0.05, 0.1) is 5.56 Å². The van der Waals surface area contributed by atoms with Crippen LogP contribution in [0.3, 0.4) is 0 Å². The molecule has 0 amide bonds. The van der Waals surface area contributed by atoms with Crippen molar-refractivity contribution >= 4 is 5.97 Å². The van der Waals surface area contributed by atoms with Crippen molar-refractivity contribution in [1.29, 1.82) is 0 Å². The van der Waals surface area contributed by atoms with Crippen LogP contribution in [-0.2, 0) is 17.4 Å². The number of carbonyl (C=O) groups is 1. The molecule has 0 radical (unpaired) electrons. The van der Waals surface area contributed by atoms with E-state index in [-0.39, 0.29) is 12.0 Å². The first-order chi connectivity index (χ1) is 7.71. The minimum atomic E-state index is -4.50. The lowest BCUT2D eigenvalue weighted by Gasteiger charge is -2.15. The van der Waals surface area contributed by atoms with Crippen LogP contribution < -0.4 is 5.73 Å². The molecule has 1 atom stereocenters. The van der Waals surface area contributed by atoms with Gasteiger partial charge >= 0.3 is 12.1 Å². The van der Waals surface area contributed by atoms with E-state index >= 15 is 0 Å². The summed E-state index contributed by atoms with van der Waals surface area (Å²) in [7, 11) is 0. The largest absolute Gasteiger partial charge is 0.480 e. The third-order valence-corrected chi connectivity index (χ3v) is 2.32. The Balaban J connectivity index is 3.12. The van der Waals surface area contributed by atoms with Crippen LogP contribution in [0.1, 0.15) is 16.7 Å². The Morgan fingerprint density at radius 1 is 1.47 bits per heavy atom. The van der Waals surface area contributed by atoms with Gasteiger partial charge in [0.1, 0.15) is 6.04 Å². The van der Waals surface area contributed by atoms with Gasteiger partial charge in [0.15, 0.2) is 0 Å². The van der Waals surface area contributed by atoms with E-state index in [9.17, 15) is 18.0 Å². The second-order valence-corrected chi connectivity index (χ2v) is 3.81. The molecule has 94 valence electrons. The summed E-state index contributed by atoms with van der Waals surface area (Å²) in [6.45, 7) is 1.63. The Labute approximate surface area is 96.0 Å². The molecule has 1 unspecified atom stereocenters. The number of alkyl halides is 3. The molecule has 17 heavy (non-hydrogen) atoms. The quantitative estimate of drug-likeness (QED) is 0.858. The highest BCUT2D eigenvalue weighted by atomic mass is 19.4. The summed E-state index contributed by atoms with van der Waals surface area (Å²) in [4.78, 5) is 10.5. The van der Waals surface area contributed by atoms with E-state index in [0.29, 0.717) is 5.56 Å². The van der Waals surface area contributed by atoms with E-state index in [4.69, 9.17) is 10.8 Å². The van der Waals surface area contributed by atoms with Gasteiger partial charge in [0.25, 0.3) is 0 Å². The summed E-state index contributed by atoms with van der Waals surface area (Å²) in [5.74, 6) is -1.32. The van der Waals surface area contributed by atoms with Crippen LogP contribution in [0.5, 0.6) is 0 Å². The van der Waals surface area contributed by atoms with E-state index in [1.807, 2.05) is 0 Å². The Hall–Kier alpha value is -1.56. The first-order valence-electron chi connectivity index (χ1n) is 4.87. The van der Waals surface area contributed by atoms with Crippen LogP contribution in [0.4, 0.5) is 13.2 Å². The number of hydrogen-bond donors (Lipinski definition) is 2. The van der Waals surface area contributed by atoms with E-state index in [2.05, 4.69) is 0 Å². The molecule has 1 rings (SSSR count). The second-order valence-electron chi connectivity index (χ2n) is 3.81. The van der Waals surface area contributed by atoms with Crippen molar-refractivity contribution in [3.05, 3.63) is 34.9 Å². The Bertz CT molecular complexity index is 429. The molecule has 3 N–H and O–H groups in total. The molecule has 0 fully saturated rings. The standard InChI is InChI=1S/C11H12F3NO2/c1-6-2-3-8(11(12,13)14)7(4-6)5-9(15)10(16)17/h2-4,9H,5,15H2,1H3,(H,16,17). The fourth-order valence-corrected chi connectivity index (χ4v) is 1.49. The summed E-state index contributed by atoms with van der Waals surface area (Å²) in [5, 5.41) is 8.60. The number of carboxylic acid groups (broad SMARTS) is 1. The van der Waals surface area contributed by atoms with Gasteiger partial charge in [-0.15, -0.1) is 0 Å². The minimum absolute atomic E-state index is 0.0904. The van der Waals surface area contributed by atoms with Crippen molar-refractivity contribution in [2.75, 3.05) is 0 Å². The molecule has 1 aromatic carbocycles. The fourth-order valence-electron chi connectivity index (χ4n) is 1.49. The molecule has 6 heteroatoms. The number of benzene rings is 1. The van der Waals surface area contributed by atoms with Gasteiger partial charge in [-0.25, -0.2) is 0 Å². The van der Waals surface area contributed by atoms with Crippen molar-refractivity contribution in [2.45, 2.75) is 25.6 Å². The van der Waals surface area contributed by atoms with Gasteiger partial charge in [0, 0.05) is 0 Å². The Morgan fingerprint density at radius 3 is 2.53 bits per heavy atom. The number of aryl methyl sites for hydroxylation is 1. The summed E-state index contributed by atoms with van der Waals surface area (Å²) in [5.41, 5.74) is 4.95. The monoisotopic (exact) mass is 247 g/mol. The van der Waals surface area contributed by atoms with Crippen molar-refractivity contribution in [1.82, 2.24) is 0 Å². The summed E-state index contributed by atoms with van der Waals surface area (Å²) in [6.07, 6.45) is -4.84. The number of aliphatic carboxylic acids is 1. The highest BCUT2D eigenvalue weighted by molar-refractivity contribution is 5.73. The molecule has 3 nitrogen and oxygen atoms in total. The van der Waals surface area contributed by atoms with Crippen LogP contribution in [0, 0.1) is 6.92 Å². The molecular weight excluding hydrogens is 235 g/mol. The molecule has 0 aliphatic carbocycles. The van der Waals surface area contributed by atoms with Crippen LogP contribution in [0.25, 0.3) is 0 Å². The van der Waals surface area contributed by atoms with Crippen molar-refractivity contribution in [3.8, 4) is 0 Å². The average Bonchev–Trinajstić information content (AvgIpc) is 2.15. The molecule has 0 heterocycles. The third kappa shape index (κ3) is 3.45. The minimum Gasteiger partial charge on any atom is -0.480 e. The van der Waals surface area contributed by atoms with Crippen LogP contribution in [0.2, 0.25) is 0 Å². The molecule has 0 aliphatic rings. The maximum atomic E-state index is 12.6. The lowest BCUT2D eigenvalue weighted by Crippen LogP contribution is -2.33. The Morgan fingerprint density at radius 2 is 2.06 bits per heavy atom.